The zero-order chi connectivity index (χ0) is 24.1. The lowest BCUT2D eigenvalue weighted by molar-refractivity contribution is 0.0666. The van der Waals surface area contributed by atoms with E-state index in [1.54, 1.807) is 7.11 Å². The summed E-state index contributed by atoms with van der Waals surface area (Å²) in [6.45, 7) is 11.1. The normalized spacial score (nSPS) is 22.1. The van der Waals surface area contributed by atoms with Crippen LogP contribution in [0.4, 0.5) is 10.6 Å². The second-order valence-corrected chi connectivity index (χ2v) is 10.4. The molecule has 2 aliphatic heterocycles. The zero-order valence-corrected chi connectivity index (χ0v) is 20.9. The van der Waals surface area contributed by atoms with E-state index in [1.165, 1.54) is 5.56 Å². The van der Waals surface area contributed by atoms with Crippen molar-refractivity contribution in [1.82, 2.24) is 20.0 Å². The van der Waals surface area contributed by atoms with Crippen LogP contribution < -0.4 is 10.6 Å². The molecule has 2 aliphatic rings. The van der Waals surface area contributed by atoms with Crippen LogP contribution in [0.3, 0.4) is 0 Å². The highest BCUT2D eigenvalue weighted by molar-refractivity contribution is 5.88. The Morgan fingerprint density at radius 3 is 2.59 bits per heavy atom. The standard InChI is InChI=1S/C26H39N5O3/c1-26(2,3)23-16-24(31(29-23)20-10-13-34-14-11-20)28-25(32)27-22-18-30(12-15-33-4)17-21(22)19-8-6-5-7-9-19/h5-9,16,20-22H,10-15,17-18H2,1-4H3,(H2,27,28,32)/t21?,22-/m1/s1. The highest BCUT2D eigenvalue weighted by atomic mass is 16.5. The van der Waals surface area contributed by atoms with Crippen molar-refractivity contribution in [2.45, 2.75) is 57.0 Å². The summed E-state index contributed by atoms with van der Waals surface area (Å²) in [5.74, 6) is 0.981. The number of likely N-dealkylation sites (tertiary alicyclic amines) is 1. The van der Waals surface area contributed by atoms with Crippen molar-refractivity contribution in [1.29, 1.82) is 0 Å². The van der Waals surface area contributed by atoms with Crippen molar-refractivity contribution in [2.24, 2.45) is 0 Å². The molecule has 0 spiro atoms. The maximum Gasteiger partial charge on any atom is 0.320 e. The molecule has 1 aromatic heterocycles. The number of urea groups is 1. The molecule has 8 nitrogen and oxygen atoms in total. The van der Waals surface area contributed by atoms with Gasteiger partial charge in [0.25, 0.3) is 0 Å². The Morgan fingerprint density at radius 1 is 1.18 bits per heavy atom. The number of nitrogens with one attached hydrogen (secondary N) is 2. The third-order valence-corrected chi connectivity index (χ3v) is 6.83. The average molecular weight is 470 g/mol. The number of carbonyl (C=O) groups is 1. The number of ether oxygens (including phenoxy) is 2. The molecule has 0 bridgehead atoms. The van der Waals surface area contributed by atoms with Crippen molar-refractivity contribution in [3.63, 3.8) is 0 Å². The van der Waals surface area contributed by atoms with Gasteiger partial charge in [-0.3, -0.25) is 10.2 Å². The monoisotopic (exact) mass is 469 g/mol. The van der Waals surface area contributed by atoms with Gasteiger partial charge in [-0.2, -0.15) is 5.10 Å². The van der Waals surface area contributed by atoms with E-state index in [4.69, 9.17) is 14.6 Å². The number of anilines is 1. The molecule has 1 unspecified atom stereocenters. The number of rotatable bonds is 7. The Bertz CT molecular complexity index is 934. The molecule has 2 aromatic rings. The van der Waals surface area contributed by atoms with Crippen molar-refractivity contribution in [3.8, 4) is 0 Å². The molecule has 0 radical (unpaired) electrons. The molecule has 4 rings (SSSR count). The molecule has 8 heteroatoms. The first kappa shape index (κ1) is 24.7. The van der Waals surface area contributed by atoms with Crippen LogP contribution in [0.2, 0.25) is 0 Å². The van der Waals surface area contributed by atoms with Gasteiger partial charge in [-0.1, -0.05) is 51.1 Å². The SMILES string of the molecule is COCCN1CC(c2ccccc2)[C@H](NC(=O)Nc2cc(C(C)(C)C)nn2C2CCOCC2)C1. The summed E-state index contributed by atoms with van der Waals surface area (Å²) >= 11 is 0. The van der Waals surface area contributed by atoms with Gasteiger partial charge in [0.05, 0.1) is 24.4 Å². The molecule has 2 N–H and O–H groups in total. The molecule has 2 saturated heterocycles. The Kier molecular flexibility index (Phi) is 7.91. The van der Waals surface area contributed by atoms with E-state index < -0.39 is 0 Å². The van der Waals surface area contributed by atoms with Gasteiger partial charge in [-0.05, 0) is 18.4 Å². The second-order valence-electron chi connectivity index (χ2n) is 10.4. The van der Waals surface area contributed by atoms with Gasteiger partial charge in [0.2, 0.25) is 0 Å². The maximum absolute atomic E-state index is 13.2. The number of hydrogen-bond acceptors (Lipinski definition) is 5. The number of carbonyl (C=O) groups excluding carboxylic acids is 1. The summed E-state index contributed by atoms with van der Waals surface area (Å²) in [4.78, 5) is 15.6. The maximum atomic E-state index is 13.2. The summed E-state index contributed by atoms with van der Waals surface area (Å²) in [5.41, 5.74) is 2.12. The number of hydrogen-bond donors (Lipinski definition) is 2. The summed E-state index contributed by atoms with van der Waals surface area (Å²) < 4.78 is 12.8. The molecule has 2 amide bonds. The fourth-order valence-electron chi connectivity index (χ4n) is 4.86. The largest absolute Gasteiger partial charge is 0.383 e. The molecular weight excluding hydrogens is 430 g/mol. The average Bonchev–Trinajstić information content (AvgIpc) is 3.43. The van der Waals surface area contributed by atoms with Crippen LogP contribution >= 0.6 is 0 Å². The van der Waals surface area contributed by atoms with Gasteiger partial charge in [0, 0.05) is 57.4 Å². The number of methoxy groups -OCH3 is 1. The van der Waals surface area contributed by atoms with E-state index in [-0.39, 0.29) is 29.4 Å². The van der Waals surface area contributed by atoms with Crippen molar-refractivity contribution >= 4 is 11.8 Å². The minimum Gasteiger partial charge on any atom is -0.383 e. The van der Waals surface area contributed by atoms with E-state index >= 15 is 0 Å². The van der Waals surface area contributed by atoms with Crippen molar-refractivity contribution in [2.75, 3.05) is 51.9 Å². The molecule has 2 fully saturated rings. The molecule has 3 heterocycles. The lowest BCUT2D eigenvalue weighted by Gasteiger charge is -2.25. The van der Waals surface area contributed by atoms with Crippen LogP contribution in [-0.2, 0) is 14.9 Å². The van der Waals surface area contributed by atoms with Gasteiger partial charge in [0.15, 0.2) is 0 Å². The predicted molar refractivity (Wildman–Crippen MR) is 133 cm³/mol. The van der Waals surface area contributed by atoms with Gasteiger partial charge in [0.1, 0.15) is 5.82 Å². The smallest absolute Gasteiger partial charge is 0.320 e. The van der Waals surface area contributed by atoms with Gasteiger partial charge < -0.3 is 14.8 Å². The highest BCUT2D eigenvalue weighted by Crippen LogP contribution is 2.31. The Balaban J connectivity index is 1.50. The van der Waals surface area contributed by atoms with Crippen LogP contribution in [0, 0.1) is 0 Å². The number of aromatic nitrogens is 2. The van der Waals surface area contributed by atoms with Crippen molar-refractivity contribution in [3.05, 3.63) is 47.7 Å². The number of nitrogens with zero attached hydrogens (tertiary/aromatic N) is 3. The first-order chi connectivity index (χ1) is 16.3. The number of benzene rings is 1. The molecule has 2 atom stereocenters. The summed E-state index contributed by atoms with van der Waals surface area (Å²) in [6, 6.07) is 12.5. The molecule has 0 aliphatic carbocycles. The second kappa shape index (κ2) is 10.9. The minimum atomic E-state index is -0.187. The lowest BCUT2D eigenvalue weighted by Crippen LogP contribution is -2.42. The van der Waals surface area contributed by atoms with E-state index in [2.05, 4.69) is 60.6 Å². The predicted octanol–water partition coefficient (Wildman–Crippen LogP) is 3.77. The van der Waals surface area contributed by atoms with Gasteiger partial charge in [-0.25, -0.2) is 9.48 Å². The molecule has 0 saturated carbocycles. The van der Waals surface area contributed by atoms with Crippen LogP contribution in [0.5, 0.6) is 0 Å². The van der Waals surface area contributed by atoms with E-state index in [1.807, 2.05) is 16.8 Å². The van der Waals surface area contributed by atoms with Crippen LogP contribution in [0.15, 0.2) is 36.4 Å². The topological polar surface area (TPSA) is 80.7 Å². The number of amides is 2. The van der Waals surface area contributed by atoms with E-state index in [9.17, 15) is 4.79 Å². The first-order valence-electron chi connectivity index (χ1n) is 12.4. The van der Waals surface area contributed by atoms with Crippen LogP contribution in [0.25, 0.3) is 0 Å². The Labute approximate surface area is 203 Å². The van der Waals surface area contributed by atoms with Gasteiger partial charge in [-0.15, -0.1) is 0 Å². The van der Waals surface area contributed by atoms with Crippen LogP contribution in [-0.4, -0.2) is 73.3 Å². The van der Waals surface area contributed by atoms with Crippen LogP contribution in [0.1, 0.15) is 56.8 Å². The van der Waals surface area contributed by atoms with Crippen molar-refractivity contribution < 1.29 is 14.3 Å². The summed E-state index contributed by atoms with van der Waals surface area (Å²) in [5, 5.41) is 11.3. The molecule has 34 heavy (non-hydrogen) atoms. The molecular formula is C26H39N5O3. The quantitative estimate of drug-likeness (QED) is 0.645. The third-order valence-electron chi connectivity index (χ3n) is 6.83. The summed E-state index contributed by atoms with van der Waals surface area (Å²) in [6.07, 6.45) is 1.80. The lowest BCUT2D eigenvalue weighted by atomic mass is 9.92. The first-order valence-corrected chi connectivity index (χ1v) is 12.4. The zero-order valence-electron chi connectivity index (χ0n) is 20.9. The summed E-state index contributed by atoms with van der Waals surface area (Å²) in [7, 11) is 1.72. The minimum absolute atomic E-state index is 0.0146. The van der Waals surface area contributed by atoms with E-state index in [0.717, 1.165) is 57.2 Å². The molecule has 186 valence electrons. The fourth-order valence-corrected chi connectivity index (χ4v) is 4.86. The van der Waals surface area contributed by atoms with Gasteiger partial charge >= 0.3 is 6.03 Å². The third kappa shape index (κ3) is 5.98. The fraction of sp³-hybridized carbons (Fsp3) is 0.615. The Morgan fingerprint density at radius 2 is 1.91 bits per heavy atom. The molecule has 1 aromatic carbocycles. The highest BCUT2D eigenvalue weighted by Gasteiger charge is 2.35. The Hall–Kier alpha value is -2.42. The van der Waals surface area contributed by atoms with E-state index in [0.29, 0.717) is 6.61 Å².